The van der Waals surface area contributed by atoms with Crippen LogP contribution in [0, 0.1) is 0 Å². The number of rotatable bonds is 3. The van der Waals surface area contributed by atoms with Crippen LogP contribution in [0.3, 0.4) is 0 Å². The summed E-state index contributed by atoms with van der Waals surface area (Å²) in [6.45, 7) is 2.11. The summed E-state index contributed by atoms with van der Waals surface area (Å²) in [5.74, 6) is -0.956. The van der Waals surface area contributed by atoms with Crippen molar-refractivity contribution in [2.24, 2.45) is 0 Å². The van der Waals surface area contributed by atoms with Crippen LogP contribution in [0.25, 0.3) is 16.7 Å². The van der Waals surface area contributed by atoms with E-state index in [4.69, 9.17) is 0 Å². The fourth-order valence-electron chi connectivity index (χ4n) is 2.31. The fraction of sp³-hybridized carbons (Fsp3) is 0.125. The van der Waals surface area contributed by atoms with Gasteiger partial charge in [0, 0.05) is 5.69 Å². The van der Waals surface area contributed by atoms with Gasteiger partial charge in [0.25, 0.3) is 0 Å². The first-order valence-electron chi connectivity index (χ1n) is 6.49. The number of carboxylic acid groups (broad SMARTS) is 1. The number of aryl methyl sites for hydroxylation is 1. The van der Waals surface area contributed by atoms with Gasteiger partial charge < -0.3 is 5.11 Å². The van der Waals surface area contributed by atoms with Crippen molar-refractivity contribution in [3.8, 4) is 5.69 Å². The molecule has 2 aromatic carbocycles. The highest BCUT2D eigenvalue weighted by molar-refractivity contribution is 6.01. The third-order valence-corrected chi connectivity index (χ3v) is 3.43. The zero-order valence-electron chi connectivity index (χ0n) is 11.1. The molecule has 4 nitrogen and oxygen atoms in total. The molecule has 0 bridgehead atoms. The number of para-hydroxylation sites is 1. The van der Waals surface area contributed by atoms with Gasteiger partial charge in [0.1, 0.15) is 11.8 Å². The molecule has 0 aliphatic heterocycles. The lowest BCUT2D eigenvalue weighted by atomic mass is 10.1. The van der Waals surface area contributed by atoms with Gasteiger partial charge in [0.15, 0.2) is 0 Å². The number of carboxylic acids is 1. The fourth-order valence-corrected chi connectivity index (χ4v) is 2.31. The first-order valence-corrected chi connectivity index (χ1v) is 6.49. The van der Waals surface area contributed by atoms with Gasteiger partial charge in [-0.05, 0) is 36.2 Å². The SMILES string of the molecule is CCc1ccc(-n2cnc3c(C(=O)O)cccc32)cc1. The highest BCUT2D eigenvalue weighted by Crippen LogP contribution is 2.21. The number of imidazole rings is 1. The van der Waals surface area contributed by atoms with Gasteiger partial charge in [0.2, 0.25) is 0 Å². The topological polar surface area (TPSA) is 55.1 Å². The summed E-state index contributed by atoms with van der Waals surface area (Å²) in [7, 11) is 0. The molecule has 0 fully saturated rings. The van der Waals surface area contributed by atoms with E-state index in [0.717, 1.165) is 17.6 Å². The first-order chi connectivity index (χ1) is 9.70. The van der Waals surface area contributed by atoms with Gasteiger partial charge in [0.05, 0.1) is 11.1 Å². The summed E-state index contributed by atoms with van der Waals surface area (Å²) in [5.41, 5.74) is 3.79. The third kappa shape index (κ3) is 1.95. The monoisotopic (exact) mass is 266 g/mol. The second-order valence-electron chi connectivity index (χ2n) is 4.61. The molecule has 3 rings (SSSR count). The van der Waals surface area contributed by atoms with Crippen molar-refractivity contribution in [3.05, 3.63) is 59.9 Å². The molecule has 1 N–H and O–H groups in total. The predicted molar refractivity (Wildman–Crippen MR) is 77.4 cm³/mol. The Morgan fingerprint density at radius 2 is 1.95 bits per heavy atom. The largest absolute Gasteiger partial charge is 0.478 e. The Morgan fingerprint density at radius 3 is 2.60 bits per heavy atom. The van der Waals surface area contributed by atoms with E-state index in [2.05, 4.69) is 24.0 Å². The number of hydrogen-bond donors (Lipinski definition) is 1. The normalized spacial score (nSPS) is 10.8. The molecule has 20 heavy (non-hydrogen) atoms. The number of aromatic carboxylic acids is 1. The van der Waals surface area contributed by atoms with E-state index < -0.39 is 5.97 Å². The molecule has 1 heterocycles. The van der Waals surface area contributed by atoms with Gasteiger partial charge in [-0.3, -0.25) is 4.57 Å². The first kappa shape index (κ1) is 12.4. The number of benzene rings is 2. The van der Waals surface area contributed by atoms with Crippen molar-refractivity contribution in [1.29, 1.82) is 0 Å². The van der Waals surface area contributed by atoms with Gasteiger partial charge >= 0.3 is 5.97 Å². The van der Waals surface area contributed by atoms with Gasteiger partial charge in [-0.2, -0.15) is 0 Å². The molecule has 0 radical (unpaired) electrons. The van der Waals surface area contributed by atoms with Crippen LogP contribution in [0.5, 0.6) is 0 Å². The Labute approximate surface area is 116 Å². The Bertz CT molecular complexity index is 773. The maximum absolute atomic E-state index is 11.2. The highest BCUT2D eigenvalue weighted by Gasteiger charge is 2.12. The van der Waals surface area contributed by atoms with Crippen LogP contribution in [0.2, 0.25) is 0 Å². The van der Waals surface area contributed by atoms with E-state index in [9.17, 15) is 9.90 Å². The Hall–Kier alpha value is -2.62. The Kier molecular flexibility index (Phi) is 2.99. The molecule has 0 unspecified atom stereocenters. The quantitative estimate of drug-likeness (QED) is 0.791. The summed E-state index contributed by atoms with van der Waals surface area (Å²) in [5, 5.41) is 9.18. The predicted octanol–water partition coefficient (Wildman–Crippen LogP) is 3.29. The van der Waals surface area contributed by atoms with E-state index >= 15 is 0 Å². The Balaban J connectivity index is 2.17. The molecule has 0 amide bonds. The summed E-state index contributed by atoms with van der Waals surface area (Å²) in [6.07, 6.45) is 2.66. The zero-order valence-corrected chi connectivity index (χ0v) is 11.1. The van der Waals surface area contributed by atoms with Gasteiger partial charge in [-0.15, -0.1) is 0 Å². The molecule has 100 valence electrons. The standard InChI is InChI=1S/C16H14N2O2/c1-2-11-6-8-12(9-7-11)18-10-17-15-13(16(19)20)4-3-5-14(15)18/h3-10H,2H2,1H3,(H,19,20). The van der Waals surface area contributed by atoms with E-state index in [1.165, 1.54) is 5.56 Å². The van der Waals surface area contributed by atoms with E-state index in [1.54, 1.807) is 18.5 Å². The summed E-state index contributed by atoms with van der Waals surface area (Å²) < 4.78 is 1.90. The highest BCUT2D eigenvalue weighted by atomic mass is 16.4. The van der Waals surface area contributed by atoms with Crippen LogP contribution in [-0.2, 0) is 6.42 Å². The van der Waals surface area contributed by atoms with Crippen molar-refractivity contribution in [3.63, 3.8) is 0 Å². The molecule has 0 saturated heterocycles. The minimum atomic E-state index is -0.956. The Morgan fingerprint density at radius 1 is 1.20 bits per heavy atom. The van der Waals surface area contributed by atoms with Crippen LogP contribution < -0.4 is 0 Å². The second-order valence-corrected chi connectivity index (χ2v) is 4.61. The average Bonchev–Trinajstić information content (AvgIpc) is 2.91. The number of aromatic nitrogens is 2. The lowest BCUT2D eigenvalue weighted by molar-refractivity contribution is 0.0699. The molecule has 3 aromatic rings. The van der Waals surface area contributed by atoms with Crippen LogP contribution in [-0.4, -0.2) is 20.6 Å². The van der Waals surface area contributed by atoms with Crippen molar-refractivity contribution in [2.45, 2.75) is 13.3 Å². The molecular weight excluding hydrogens is 252 g/mol. The number of nitrogens with zero attached hydrogens (tertiary/aromatic N) is 2. The van der Waals surface area contributed by atoms with Crippen LogP contribution in [0.4, 0.5) is 0 Å². The van der Waals surface area contributed by atoms with Crippen LogP contribution in [0.1, 0.15) is 22.8 Å². The third-order valence-electron chi connectivity index (χ3n) is 3.43. The van der Waals surface area contributed by atoms with E-state index in [-0.39, 0.29) is 5.56 Å². The molecule has 1 aromatic heterocycles. The van der Waals surface area contributed by atoms with Crippen molar-refractivity contribution in [1.82, 2.24) is 9.55 Å². The maximum atomic E-state index is 11.2. The van der Waals surface area contributed by atoms with Crippen LogP contribution >= 0.6 is 0 Å². The zero-order chi connectivity index (χ0) is 14.1. The van der Waals surface area contributed by atoms with Crippen molar-refractivity contribution >= 4 is 17.0 Å². The van der Waals surface area contributed by atoms with E-state index in [1.807, 2.05) is 22.8 Å². The molecular formula is C16H14N2O2. The lowest BCUT2D eigenvalue weighted by Crippen LogP contribution is -1.98. The molecule has 0 spiro atoms. The molecule has 0 atom stereocenters. The van der Waals surface area contributed by atoms with Crippen molar-refractivity contribution in [2.75, 3.05) is 0 Å². The van der Waals surface area contributed by atoms with Crippen molar-refractivity contribution < 1.29 is 9.90 Å². The average molecular weight is 266 g/mol. The van der Waals surface area contributed by atoms with E-state index in [0.29, 0.717) is 5.52 Å². The van der Waals surface area contributed by atoms with Crippen LogP contribution in [0.15, 0.2) is 48.8 Å². The molecule has 0 saturated carbocycles. The minimum Gasteiger partial charge on any atom is -0.478 e. The molecule has 0 aliphatic rings. The summed E-state index contributed by atoms with van der Waals surface area (Å²) >= 11 is 0. The number of fused-ring (bicyclic) bond motifs is 1. The van der Waals surface area contributed by atoms with Gasteiger partial charge in [-0.1, -0.05) is 25.1 Å². The minimum absolute atomic E-state index is 0.228. The molecule has 4 heteroatoms. The smallest absolute Gasteiger partial charge is 0.337 e. The lowest BCUT2D eigenvalue weighted by Gasteiger charge is -2.05. The molecule has 0 aliphatic carbocycles. The second kappa shape index (κ2) is 4.81. The summed E-state index contributed by atoms with van der Waals surface area (Å²) in [4.78, 5) is 15.4. The number of hydrogen-bond acceptors (Lipinski definition) is 2. The number of carbonyl (C=O) groups is 1. The maximum Gasteiger partial charge on any atom is 0.337 e. The summed E-state index contributed by atoms with van der Waals surface area (Å²) in [6, 6.07) is 13.4. The van der Waals surface area contributed by atoms with Gasteiger partial charge in [-0.25, -0.2) is 9.78 Å².